The molecule has 1 amide bonds. The number of carbonyl (C=O) groups is 2. The van der Waals surface area contributed by atoms with Crippen molar-refractivity contribution in [3.05, 3.63) is 28.0 Å². The summed E-state index contributed by atoms with van der Waals surface area (Å²) in [5, 5.41) is 8.72. The van der Waals surface area contributed by atoms with Crippen LogP contribution in [0.5, 0.6) is 0 Å². The molecule has 1 aromatic carbocycles. The summed E-state index contributed by atoms with van der Waals surface area (Å²) in [5.74, 6) is -1.89. The molecule has 1 aliphatic heterocycles. The van der Waals surface area contributed by atoms with Gasteiger partial charge in [-0.15, -0.1) is 0 Å². The van der Waals surface area contributed by atoms with Gasteiger partial charge in [0.15, 0.2) is 0 Å². The lowest BCUT2D eigenvalue weighted by Gasteiger charge is -2.17. The topological polar surface area (TPSA) is 57.6 Å². The average Bonchev–Trinajstić information content (AvgIpc) is 2.55. The van der Waals surface area contributed by atoms with Crippen LogP contribution in [0.3, 0.4) is 0 Å². The number of Topliss-reactive ketones (excluding diaryl/α,β-unsaturated/α-hetero) is 1. The maximum Gasteiger partial charge on any atom is 0.299 e. The normalized spacial score (nSPS) is 14.3. The highest BCUT2D eigenvalue weighted by Gasteiger charge is 2.37. The first-order valence-corrected chi connectivity index (χ1v) is 6.31. The van der Waals surface area contributed by atoms with Crippen LogP contribution in [0.25, 0.3) is 0 Å². The highest BCUT2D eigenvalue weighted by molar-refractivity contribution is 9.10. The van der Waals surface area contributed by atoms with E-state index in [4.69, 9.17) is 5.11 Å². The van der Waals surface area contributed by atoms with E-state index >= 15 is 0 Å². The van der Waals surface area contributed by atoms with Crippen LogP contribution >= 0.6 is 15.9 Å². The highest BCUT2D eigenvalue weighted by Crippen LogP contribution is 2.36. The number of fused-ring (bicyclic) bond motifs is 1. The molecule has 18 heavy (non-hydrogen) atoms. The van der Waals surface area contributed by atoms with Gasteiger partial charge in [-0.05, 0) is 40.9 Å². The monoisotopic (exact) mass is 315 g/mol. The number of benzene rings is 1. The molecule has 0 fully saturated rings. The molecule has 0 saturated carbocycles. The number of rotatable bonds is 4. The quantitative estimate of drug-likeness (QED) is 0.682. The maximum atomic E-state index is 13.2. The number of aliphatic hydroxyl groups excluding tert-OH is 1. The Hall–Kier alpha value is -1.27. The number of hydrogen-bond donors (Lipinski definition) is 1. The molecule has 2 rings (SSSR count). The first-order chi connectivity index (χ1) is 8.56. The fraction of sp³-hybridized carbons (Fsp3) is 0.333. The number of carbonyl (C=O) groups excluding carboxylic acids is 2. The minimum Gasteiger partial charge on any atom is -0.396 e. The lowest BCUT2D eigenvalue weighted by molar-refractivity contribution is -0.114. The third-order valence-electron chi connectivity index (χ3n) is 2.77. The van der Waals surface area contributed by atoms with Crippen molar-refractivity contribution in [1.82, 2.24) is 0 Å². The van der Waals surface area contributed by atoms with E-state index in [1.54, 1.807) is 0 Å². The summed E-state index contributed by atoms with van der Waals surface area (Å²) >= 11 is 3.17. The van der Waals surface area contributed by atoms with Gasteiger partial charge < -0.3 is 10.0 Å². The number of amides is 1. The van der Waals surface area contributed by atoms with Crippen molar-refractivity contribution in [2.45, 2.75) is 12.8 Å². The van der Waals surface area contributed by atoms with Gasteiger partial charge in [0, 0.05) is 17.6 Å². The molecule has 0 aromatic heterocycles. The molecule has 0 saturated heterocycles. The smallest absolute Gasteiger partial charge is 0.299 e. The second kappa shape index (κ2) is 5.16. The van der Waals surface area contributed by atoms with Crippen molar-refractivity contribution in [1.29, 1.82) is 0 Å². The Morgan fingerprint density at radius 2 is 2.00 bits per heavy atom. The summed E-state index contributed by atoms with van der Waals surface area (Å²) in [6.07, 6.45) is 1.13. The van der Waals surface area contributed by atoms with Crippen LogP contribution in [0.15, 0.2) is 16.6 Å². The van der Waals surface area contributed by atoms with Gasteiger partial charge >= 0.3 is 0 Å². The van der Waals surface area contributed by atoms with Crippen LogP contribution in [0.4, 0.5) is 10.1 Å². The first-order valence-electron chi connectivity index (χ1n) is 5.52. The standard InChI is InChI=1S/C12H11BrFNO3/c13-9-6-7(14)5-8-10(9)15(3-1-2-4-16)12(18)11(8)17/h5-6,16H,1-4H2. The number of halogens is 2. The lowest BCUT2D eigenvalue weighted by atomic mass is 10.1. The Labute approximate surface area is 112 Å². The van der Waals surface area contributed by atoms with Crippen molar-refractivity contribution in [2.75, 3.05) is 18.1 Å². The summed E-state index contributed by atoms with van der Waals surface area (Å²) in [4.78, 5) is 24.8. The van der Waals surface area contributed by atoms with Crippen LogP contribution < -0.4 is 4.90 Å². The van der Waals surface area contributed by atoms with Crippen molar-refractivity contribution >= 4 is 33.3 Å². The van der Waals surface area contributed by atoms with Gasteiger partial charge in [-0.3, -0.25) is 9.59 Å². The van der Waals surface area contributed by atoms with Crippen LogP contribution in [0.2, 0.25) is 0 Å². The molecule has 0 aliphatic carbocycles. The zero-order valence-electron chi connectivity index (χ0n) is 9.45. The number of aliphatic hydroxyl groups is 1. The van der Waals surface area contributed by atoms with E-state index in [1.807, 2.05) is 0 Å². The van der Waals surface area contributed by atoms with Crippen molar-refractivity contribution in [3.8, 4) is 0 Å². The summed E-state index contributed by atoms with van der Waals surface area (Å²) in [6.45, 7) is 0.371. The van der Waals surface area contributed by atoms with Gasteiger partial charge in [-0.25, -0.2) is 4.39 Å². The Kier molecular flexibility index (Phi) is 3.77. The van der Waals surface area contributed by atoms with Gasteiger partial charge in [-0.2, -0.15) is 0 Å². The van der Waals surface area contributed by atoms with Gasteiger partial charge in [0.2, 0.25) is 0 Å². The summed E-state index contributed by atoms with van der Waals surface area (Å²) in [5.41, 5.74) is 0.514. The molecule has 1 aromatic rings. The molecule has 6 heteroatoms. The molecule has 0 radical (unpaired) electrons. The van der Waals surface area contributed by atoms with Gasteiger partial charge in [0.05, 0.1) is 11.3 Å². The SMILES string of the molecule is O=C1C(=O)N(CCCCO)c2c(Br)cc(F)cc21. The van der Waals surface area contributed by atoms with Gasteiger partial charge in [-0.1, -0.05) is 0 Å². The predicted octanol–water partition coefficient (Wildman–Crippen LogP) is 1.89. The second-order valence-electron chi connectivity index (χ2n) is 4.00. The van der Waals surface area contributed by atoms with E-state index in [-0.39, 0.29) is 12.2 Å². The Balaban J connectivity index is 2.36. The van der Waals surface area contributed by atoms with Crippen LogP contribution in [0, 0.1) is 5.82 Å². The minimum atomic E-state index is -0.686. The molecular weight excluding hydrogens is 305 g/mol. The molecule has 0 atom stereocenters. The molecule has 0 unspecified atom stereocenters. The fourth-order valence-electron chi connectivity index (χ4n) is 1.95. The van der Waals surface area contributed by atoms with E-state index in [0.29, 0.717) is 29.5 Å². The lowest BCUT2D eigenvalue weighted by Crippen LogP contribution is -2.30. The molecule has 1 N–H and O–H groups in total. The summed E-state index contributed by atoms with van der Waals surface area (Å²) in [7, 11) is 0. The minimum absolute atomic E-state index is 0.0351. The van der Waals surface area contributed by atoms with Gasteiger partial charge in [0.25, 0.3) is 11.7 Å². The van der Waals surface area contributed by atoms with Crippen LogP contribution in [0.1, 0.15) is 23.2 Å². The Morgan fingerprint density at radius 1 is 1.28 bits per heavy atom. The second-order valence-corrected chi connectivity index (χ2v) is 4.85. The summed E-state index contributed by atoms with van der Waals surface area (Å²) < 4.78 is 13.6. The van der Waals surface area contributed by atoms with E-state index in [2.05, 4.69) is 15.9 Å². The zero-order chi connectivity index (χ0) is 13.3. The summed E-state index contributed by atoms with van der Waals surface area (Å²) in [6, 6.07) is 2.30. The van der Waals surface area contributed by atoms with Gasteiger partial charge in [0.1, 0.15) is 5.82 Å². The number of nitrogens with zero attached hydrogens (tertiary/aromatic N) is 1. The first kappa shape index (κ1) is 13.2. The van der Waals surface area contributed by atoms with E-state index in [9.17, 15) is 14.0 Å². The Morgan fingerprint density at radius 3 is 2.67 bits per heavy atom. The molecule has 96 valence electrons. The Bertz CT molecular complexity index is 518. The molecule has 0 bridgehead atoms. The van der Waals surface area contributed by atoms with E-state index in [0.717, 1.165) is 6.07 Å². The molecule has 1 aliphatic rings. The molecular formula is C12H11BrFNO3. The van der Waals surface area contributed by atoms with Crippen molar-refractivity contribution in [2.24, 2.45) is 0 Å². The highest BCUT2D eigenvalue weighted by atomic mass is 79.9. The number of ketones is 1. The fourth-order valence-corrected chi connectivity index (χ4v) is 2.59. The van der Waals surface area contributed by atoms with Crippen molar-refractivity contribution in [3.63, 3.8) is 0 Å². The third kappa shape index (κ3) is 2.18. The molecule has 0 spiro atoms. The average molecular weight is 316 g/mol. The molecule has 4 nitrogen and oxygen atoms in total. The number of anilines is 1. The molecule has 1 heterocycles. The number of hydrogen-bond acceptors (Lipinski definition) is 3. The van der Waals surface area contributed by atoms with E-state index in [1.165, 1.54) is 11.0 Å². The van der Waals surface area contributed by atoms with Crippen LogP contribution in [-0.4, -0.2) is 29.9 Å². The van der Waals surface area contributed by atoms with Crippen molar-refractivity contribution < 1.29 is 19.1 Å². The maximum absolute atomic E-state index is 13.2. The predicted molar refractivity (Wildman–Crippen MR) is 67.1 cm³/mol. The number of unbranched alkanes of at least 4 members (excludes halogenated alkanes) is 1. The third-order valence-corrected chi connectivity index (χ3v) is 3.38. The van der Waals surface area contributed by atoms with E-state index < -0.39 is 17.5 Å². The van der Waals surface area contributed by atoms with Crippen LogP contribution in [-0.2, 0) is 4.79 Å². The largest absolute Gasteiger partial charge is 0.396 e. The zero-order valence-corrected chi connectivity index (χ0v) is 11.0.